The monoisotopic (exact) mass is 261 g/mol. The van der Waals surface area contributed by atoms with Gasteiger partial charge >= 0.3 is 5.97 Å². The fourth-order valence-electron chi connectivity index (χ4n) is 1.41. The molecule has 18 heavy (non-hydrogen) atoms. The van der Waals surface area contributed by atoms with Gasteiger partial charge in [0.05, 0.1) is 11.3 Å². The zero-order chi connectivity index (χ0) is 13.0. The van der Waals surface area contributed by atoms with Crippen molar-refractivity contribution in [2.75, 3.05) is 5.73 Å². The minimum atomic E-state index is -0.930. The molecule has 6 heteroatoms. The van der Waals surface area contributed by atoms with Crippen LogP contribution in [0, 0.1) is 0 Å². The third-order valence-corrected chi connectivity index (χ3v) is 3.33. The summed E-state index contributed by atoms with van der Waals surface area (Å²) in [5, 5.41) is 9.05. The van der Waals surface area contributed by atoms with E-state index in [-0.39, 0.29) is 5.95 Å². The zero-order valence-electron chi connectivity index (χ0n) is 9.41. The van der Waals surface area contributed by atoms with Gasteiger partial charge < -0.3 is 10.8 Å². The first-order valence-corrected chi connectivity index (χ1v) is 6.18. The number of nitrogens with two attached hydrogens (primary N) is 1. The molecule has 1 heterocycles. The van der Waals surface area contributed by atoms with Crippen molar-refractivity contribution in [2.45, 2.75) is 10.6 Å². The summed E-state index contributed by atoms with van der Waals surface area (Å²) in [6, 6.07) is 8.63. The Hall–Kier alpha value is -2.08. The Morgan fingerprint density at radius 1 is 1.33 bits per heavy atom. The number of aromatic nitrogens is 2. The number of thioether (sulfide) groups is 1. The van der Waals surface area contributed by atoms with Gasteiger partial charge in [0, 0.05) is 16.8 Å². The highest BCUT2D eigenvalue weighted by molar-refractivity contribution is 7.98. The van der Waals surface area contributed by atoms with Gasteiger partial charge in [0.2, 0.25) is 5.95 Å². The molecule has 0 spiro atoms. The molecule has 0 amide bonds. The van der Waals surface area contributed by atoms with Crippen molar-refractivity contribution >= 4 is 23.7 Å². The number of benzene rings is 1. The molecule has 0 radical (unpaired) electrons. The van der Waals surface area contributed by atoms with Crippen LogP contribution in [0.2, 0.25) is 0 Å². The quantitative estimate of drug-likeness (QED) is 0.819. The molecule has 0 saturated carbocycles. The van der Waals surface area contributed by atoms with Crippen LogP contribution in [0.5, 0.6) is 0 Å². The Balaban J connectivity index is 2.13. The van der Waals surface area contributed by atoms with E-state index in [2.05, 4.69) is 9.97 Å². The van der Waals surface area contributed by atoms with E-state index in [1.165, 1.54) is 11.8 Å². The fraction of sp³-hybridized carbons (Fsp3) is 0.0833. The van der Waals surface area contributed by atoms with Gasteiger partial charge in [0.15, 0.2) is 0 Å². The van der Waals surface area contributed by atoms with E-state index >= 15 is 0 Å². The smallest absolute Gasteiger partial charge is 0.336 e. The molecule has 92 valence electrons. The second-order valence-corrected chi connectivity index (χ2v) is 4.51. The summed E-state index contributed by atoms with van der Waals surface area (Å²) in [4.78, 5) is 19.6. The Labute approximate surface area is 108 Å². The third kappa shape index (κ3) is 2.98. The van der Waals surface area contributed by atoms with E-state index in [1.54, 1.807) is 30.5 Å². The summed E-state index contributed by atoms with van der Waals surface area (Å²) < 4.78 is 0. The minimum Gasteiger partial charge on any atom is -0.478 e. The lowest BCUT2D eigenvalue weighted by atomic mass is 10.2. The molecular formula is C12H11N3O2S. The van der Waals surface area contributed by atoms with E-state index in [9.17, 15) is 4.79 Å². The van der Waals surface area contributed by atoms with Crippen molar-refractivity contribution in [2.24, 2.45) is 0 Å². The first-order valence-electron chi connectivity index (χ1n) is 5.19. The van der Waals surface area contributed by atoms with Gasteiger partial charge in [0.1, 0.15) is 0 Å². The molecule has 0 aliphatic carbocycles. The lowest BCUT2D eigenvalue weighted by Crippen LogP contribution is -1.99. The number of anilines is 1. The predicted molar refractivity (Wildman–Crippen MR) is 69.4 cm³/mol. The normalized spacial score (nSPS) is 10.2. The van der Waals surface area contributed by atoms with Gasteiger partial charge in [-0.1, -0.05) is 12.1 Å². The molecule has 0 saturated heterocycles. The number of hydrogen-bond donors (Lipinski definition) is 2. The minimum absolute atomic E-state index is 0.222. The Morgan fingerprint density at radius 3 is 2.83 bits per heavy atom. The van der Waals surface area contributed by atoms with Crippen molar-refractivity contribution in [3.05, 3.63) is 47.8 Å². The summed E-state index contributed by atoms with van der Waals surface area (Å²) in [7, 11) is 0. The maximum atomic E-state index is 11.0. The van der Waals surface area contributed by atoms with Crippen molar-refractivity contribution in [1.82, 2.24) is 9.97 Å². The number of carboxylic acid groups (broad SMARTS) is 1. The van der Waals surface area contributed by atoms with Crippen molar-refractivity contribution in [1.29, 1.82) is 0 Å². The number of aromatic carboxylic acids is 1. The van der Waals surface area contributed by atoms with Gasteiger partial charge in [-0.3, -0.25) is 0 Å². The summed E-state index contributed by atoms with van der Waals surface area (Å²) in [6.07, 6.45) is 1.58. The van der Waals surface area contributed by atoms with E-state index < -0.39 is 5.97 Å². The van der Waals surface area contributed by atoms with Crippen LogP contribution >= 0.6 is 11.8 Å². The molecule has 1 aromatic carbocycles. The molecule has 2 rings (SSSR count). The van der Waals surface area contributed by atoms with E-state index in [0.29, 0.717) is 16.2 Å². The SMILES string of the molecule is Nc1nccc(CSc2ccccc2C(=O)O)n1. The van der Waals surface area contributed by atoms with Crippen LogP contribution in [0.25, 0.3) is 0 Å². The van der Waals surface area contributed by atoms with Gasteiger partial charge in [-0.25, -0.2) is 14.8 Å². The molecule has 0 bridgehead atoms. The zero-order valence-corrected chi connectivity index (χ0v) is 10.2. The molecule has 2 aromatic rings. The maximum Gasteiger partial charge on any atom is 0.336 e. The molecular weight excluding hydrogens is 250 g/mol. The Bertz CT molecular complexity index is 575. The number of hydrogen-bond acceptors (Lipinski definition) is 5. The highest BCUT2D eigenvalue weighted by Gasteiger charge is 2.09. The fourth-order valence-corrected chi connectivity index (χ4v) is 2.36. The van der Waals surface area contributed by atoms with Crippen LogP contribution in [0.3, 0.4) is 0 Å². The molecule has 1 aromatic heterocycles. The number of nitrogens with zero attached hydrogens (tertiary/aromatic N) is 2. The van der Waals surface area contributed by atoms with Crippen LogP contribution in [-0.4, -0.2) is 21.0 Å². The lowest BCUT2D eigenvalue weighted by Gasteiger charge is -2.05. The topological polar surface area (TPSA) is 89.1 Å². The summed E-state index contributed by atoms with van der Waals surface area (Å²) >= 11 is 1.41. The second-order valence-electron chi connectivity index (χ2n) is 3.50. The van der Waals surface area contributed by atoms with Crippen molar-refractivity contribution in [3.63, 3.8) is 0 Å². The molecule has 3 N–H and O–H groups in total. The highest BCUT2D eigenvalue weighted by Crippen LogP contribution is 2.25. The van der Waals surface area contributed by atoms with E-state index in [4.69, 9.17) is 10.8 Å². The van der Waals surface area contributed by atoms with Crippen molar-refractivity contribution < 1.29 is 9.90 Å². The van der Waals surface area contributed by atoms with E-state index in [0.717, 1.165) is 5.69 Å². The first kappa shape index (κ1) is 12.4. The third-order valence-electron chi connectivity index (χ3n) is 2.22. The highest BCUT2D eigenvalue weighted by atomic mass is 32.2. The van der Waals surface area contributed by atoms with Crippen LogP contribution < -0.4 is 5.73 Å². The molecule has 0 aliphatic rings. The van der Waals surface area contributed by atoms with Gasteiger partial charge in [0.25, 0.3) is 0 Å². The molecule has 5 nitrogen and oxygen atoms in total. The van der Waals surface area contributed by atoms with Crippen LogP contribution in [0.4, 0.5) is 5.95 Å². The average Bonchev–Trinajstić information content (AvgIpc) is 2.37. The number of carboxylic acids is 1. The van der Waals surface area contributed by atoms with Crippen LogP contribution in [0.1, 0.15) is 16.1 Å². The number of nitrogen functional groups attached to an aromatic ring is 1. The van der Waals surface area contributed by atoms with E-state index in [1.807, 2.05) is 6.07 Å². The van der Waals surface area contributed by atoms with Gasteiger partial charge in [-0.2, -0.15) is 0 Å². The molecule has 0 unspecified atom stereocenters. The predicted octanol–water partition coefficient (Wildman–Crippen LogP) is 2.05. The maximum absolute atomic E-state index is 11.0. The van der Waals surface area contributed by atoms with Gasteiger partial charge in [-0.05, 0) is 18.2 Å². The summed E-state index contributed by atoms with van der Waals surface area (Å²) in [6.45, 7) is 0. The largest absolute Gasteiger partial charge is 0.478 e. The molecule has 0 fully saturated rings. The van der Waals surface area contributed by atoms with Crippen LogP contribution in [0.15, 0.2) is 41.4 Å². The average molecular weight is 261 g/mol. The summed E-state index contributed by atoms with van der Waals surface area (Å²) in [5.41, 5.74) is 6.55. The number of carbonyl (C=O) groups is 1. The summed E-state index contributed by atoms with van der Waals surface area (Å²) in [5.74, 6) is -0.156. The van der Waals surface area contributed by atoms with Crippen LogP contribution in [-0.2, 0) is 5.75 Å². The van der Waals surface area contributed by atoms with Gasteiger partial charge in [-0.15, -0.1) is 11.8 Å². The van der Waals surface area contributed by atoms with Crippen molar-refractivity contribution in [3.8, 4) is 0 Å². The first-order chi connectivity index (χ1) is 8.66. The second kappa shape index (κ2) is 5.50. The molecule has 0 aliphatic heterocycles. The Kier molecular flexibility index (Phi) is 3.78. The number of rotatable bonds is 4. The Morgan fingerprint density at radius 2 is 2.11 bits per heavy atom. The molecule has 0 atom stereocenters. The standard InChI is InChI=1S/C12H11N3O2S/c13-12-14-6-5-8(15-12)7-18-10-4-2-1-3-9(10)11(16)17/h1-6H,7H2,(H,16,17)(H2,13,14,15). The lowest BCUT2D eigenvalue weighted by molar-refractivity contribution is 0.0693.